The molecule has 3 nitrogen and oxygen atoms in total. The van der Waals surface area contributed by atoms with Crippen molar-refractivity contribution in [1.29, 1.82) is 0 Å². The number of fused-ring (bicyclic) bond motifs is 3. The third-order valence-corrected chi connectivity index (χ3v) is 3.81. The average Bonchev–Trinajstić information content (AvgIpc) is 2.67. The Kier molecular flexibility index (Phi) is 2.82. The van der Waals surface area contributed by atoms with Crippen LogP contribution in [-0.4, -0.2) is 15.9 Å². The molecular weight excluding hydrogens is 224 g/mol. The number of rotatable bonds is 0. The number of H-pyrrole nitrogens is 1. The number of nitrogens with one attached hydrogen (secondary N) is 1. The fraction of sp³-hybridized carbons (Fsp3) is 0.400. The zero-order chi connectivity index (χ0) is 12.5. The predicted octanol–water partition coefficient (Wildman–Crippen LogP) is 3.77. The lowest BCUT2D eigenvalue weighted by Crippen LogP contribution is -2.08. The smallest absolute Gasteiger partial charge is 0.103 e. The van der Waals surface area contributed by atoms with E-state index in [0.29, 0.717) is 0 Å². The number of benzene rings is 1. The Morgan fingerprint density at radius 3 is 2.83 bits per heavy atom. The van der Waals surface area contributed by atoms with Crippen LogP contribution in [0.2, 0.25) is 0 Å². The first-order valence-corrected chi connectivity index (χ1v) is 6.62. The van der Waals surface area contributed by atoms with Crippen molar-refractivity contribution in [2.24, 2.45) is 5.16 Å². The molecule has 0 bridgehead atoms. The van der Waals surface area contributed by atoms with Crippen LogP contribution in [0.25, 0.3) is 10.9 Å². The number of aryl methyl sites for hydroxylation is 2. The monoisotopic (exact) mass is 242 g/mol. The van der Waals surface area contributed by atoms with Crippen LogP contribution in [0.5, 0.6) is 0 Å². The van der Waals surface area contributed by atoms with Crippen LogP contribution in [-0.2, 0) is 6.42 Å². The summed E-state index contributed by atoms with van der Waals surface area (Å²) in [6.07, 6.45) is 5.45. The van der Waals surface area contributed by atoms with Crippen molar-refractivity contribution in [1.82, 2.24) is 4.98 Å². The predicted molar refractivity (Wildman–Crippen MR) is 73.5 cm³/mol. The number of hydrogen-bond acceptors (Lipinski definition) is 2. The van der Waals surface area contributed by atoms with E-state index in [2.05, 4.69) is 35.3 Å². The molecule has 1 heterocycles. The van der Waals surface area contributed by atoms with Crippen LogP contribution in [0.15, 0.2) is 23.4 Å². The average molecular weight is 242 g/mol. The van der Waals surface area contributed by atoms with Crippen molar-refractivity contribution < 1.29 is 5.21 Å². The van der Waals surface area contributed by atoms with E-state index in [1.807, 2.05) is 0 Å². The SMILES string of the molecule is Cc1ccc2[nH]c3c(c2c1)CCCCCC3=NO. The first-order valence-electron chi connectivity index (χ1n) is 6.62. The normalized spacial score (nSPS) is 18.6. The summed E-state index contributed by atoms with van der Waals surface area (Å²) in [7, 11) is 0. The van der Waals surface area contributed by atoms with E-state index in [0.717, 1.165) is 36.2 Å². The van der Waals surface area contributed by atoms with Crippen molar-refractivity contribution in [2.75, 3.05) is 0 Å². The van der Waals surface area contributed by atoms with Crippen LogP contribution < -0.4 is 0 Å². The van der Waals surface area contributed by atoms with Gasteiger partial charge in [-0.15, -0.1) is 0 Å². The number of aromatic amines is 1. The third-order valence-electron chi connectivity index (χ3n) is 3.81. The van der Waals surface area contributed by atoms with Gasteiger partial charge in [-0.2, -0.15) is 0 Å². The topological polar surface area (TPSA) is 48.4 Å². The van der Waals surface area contributed by atoms with Gasteiger partial charge in [0.15, 0.2) is 0 Å². The van der Waals surface area contributed by atoms with Crippen LogP contribution in [0, 0.1) is 6.92 Å². The lowest BCUT2D eigenvalue weighted by Gasteiger charge is -2.11. The number of oxime groups is 1. The largest absolute Gasteiger partial charge is 0.411 e. The highest BCUT2D eigenvalue weighted by molar-refractivity contribution is 6.05. The summed E-state index contributed by atoms with van der Waals surface area (Å²) in [4.78, 5) is 3.42. The van der Waals surface area contributed by atoms with Gasteiger partial charge in [0.2, 0.25) is 0 Å². The van der Waals surface area contributed by atoms with Crippen molar-refractivity contribution >= 4 is 16.6 Å². The van der Waals surface area contributed by atoms with Gasteiger partial charge in [-0.05, 0) is 50.3 Å². The van der Waals surface area contributed by atoms with Gasteiger partial charge < -0.3 is 10.2 Å². The van der Waals surface area contributed by atoms with Gasteiger partial charge >= 0.3 is 0 Å². The summed E-state index contributed by atoms with van der Waals surface area (Å²) >= 11 is 0. The molecule has 0 spiro atoms. The third kappa shape index (κ3) is 1.80. The molecule has 2 aromatic rings. The summed E-state index contributed by atoms with van der Waals surface area (Å²) in [5, 5.41) is 14.0. The molecule has 0 amide bonds. The molecule has 2 N–H and O–H groups in total. The molecule has 0 atom stereocenters. The Balaban J connectivity index is 2.25. The zero-order valence-corrected chi connectivity index (χ0v) is 10.7. The highest BCUT2D eigenvalue weighted by Gasteiger charge is 2.18. The van der Waals surface area contributed by atoms with Crippen LogP contribution in [0.4, 0.5) is 0 Å². The summed E-state index contributed by atoms with van der Waals surface area (Å²) in [5.74, 6) is 0. The first kappa shape index (κ1) is 11.3. The minimum Gasteiger partial charge on any atom is -0.411 e. The maximum absolute atomic E-state index is 9.20. The maximum Gasteiger partial charge on any atom is 0.103 e. The lowest BCUT2D eigenvalue weighted by atomic mass is 9.95. The molecule has 0 unspecified atom stereocenters. The molecule has 0 radical (unpaired) electrons. The Hall–Kier alpha value is -1.77. The molecule has 3 heteroatoms. The molecule has 1 aromatic heterocycles. The van der Waals surface area contributed by atoms with E-state index in [1.54, 1.807) is 0 Å². The van der Waals surface area contributed by atoms with Gasteiger partial charge in [0.1, 0.15) is 5.71 Å². The van der Waals surface area contributed by atoms with E-state index in [-0.39, 0.29) is 0 Å². The van der Waals surface area contributed by atoms with Gasteiger partial charge in [0.25, 0.3) is 0 Å². The zero-order valence-electron chi connectivity index (χ0n) is 10.7. The van der Waals surface area contributed by atoms with Crippen LogP contribution >= 0.6 is 0 Å². The second kappa shape index (κ2) is 4.48. The molecule has 94 valence electrons. The van der Waals surface area contributed by atoms with E-state index in [9.17, 15) is 5.21 Å². The maximum atomic E-state index is 9.20. The summed E-state index contributed by atoms with van der Waals surface area (Å²) in [6.45, 7) is 2.11. The molecule has 18 heavy (non-hydrogen) atoms. The van der Waals surface area contributed by atoms with Crippen molar-refractivity contribution in [3.63, 3.8) is 0 Å². The van der Waals surface area contributed by atoms with Crippen LogP contribution in [0.1, 0.15) is 42.5 Å². The Bertz CT molecular complexity index is 610. The minimum absolute atomic E-state index is 0.804. The van der Waals surface area contributed by atoms with Crippen molar-refractivity contribution in [2.45, 2.75) is 39.0 Å². The van der Waals surface area contributed by atoms with Gasteiger partial charge in [0, 0.05) is 10.9 Å². The standard InChI is InChI=1S/C15H18N2O/c1-10-7-8-13-12(9-10)11-5-3-2-4-6-14(17-18)15(11)16-13/h7-9,16,18H,2-6H2,1H3. The molecule has 3 rings (SSSR count). The quantitative estimate of drug-likeness (QED) is 0.536. The lowest BCUT2D eigenvalue weighted by molar-refractivity contribution is 0.317. The van der Waals surface area contributed by atoms with Crippen molar-refractivity contribution in [3.05, 3.63) is 35.0 Å². The molecule has 0 saturated heterocycles. The second-order valence-corrected chi connectivity index (χ2v) is 5.13. The number of hydrogen-bond donors (Lipinski definition) is 2. The van der Waals surface area contributed by atoms with Gasteiger partial charge in [-0.25, -0.2) is 0 Å². The summed E-state index contributed by atoms with van der Waals surface area (Å²) < 4.78 is 0. The van der Waals surface area contributed by atoms with E-state index in [1.165, 1.54) is 29.4 Å². The van der Waals surface area contributed by atoms with E-state index >= 15 is 0 Å². The molecule has 0 saturated carbocycles. The van der Waals surface area contributed by atoms with Crippen LogP contribution in [0.3, 0.4) is 0 Å². The molecule has 1 aromatic carbocycles. The van der Waals surface area contributed by atoms with Gasteiger partial charge in [0.05, 0.1) is 5.69 Å². The summed E-state index contributed by atoms with van der Waals surface area (Å²) in [6, 6.07) is 6.45. The summed E-state index contributed by atoms with van der Waals surface area (Å²) in [5.41, 5.74) is 5.58. The minimum atomic E-state index is 0.804. The first-order chi connectivity index (χ1) is 8.79. The Labute approximate surface area is 107 Å². The fourth-order valence-electron chi connectivity index (χ4n) is 2.86. The molecular formula is C15H18N2O. The van der Waals surface area contributed by atoms with E-state index in [4.69, 9.17) is 0 Å². The highest BCUT2D eigenvalue weighted by atomic mass is 16.4. The molecule has 0 aliphatic heterocycles. The fourth-order valence-corrected chi connectivity index (χ4v) is 2.86. The molecule has 0 fully saturated rings. The Morgan fingerprint density at radius 1 is 1.17 bits per heavy atom. The van der Waals surface area contributed by atoms with Crippen molar-refractivity contribution in [3.8, 4) is 0 Å². The second-order valence-electron chi connectivity index (χ2n) is 5.13. The highest BCUT2D eigenvalue weighted by Crippen LogP contribution is 2.28. The molecule has 1 aliphatic carbocycles. The Morgan fingerprint density at radius 2 is 2.00 bits per heavy atom. The number of aromatic nitrogens is 1. The van der Waals surface area contributed by atoms with Gasteiger partial charge in [-0.1, -0.05) is 23.2 Å². The van der Waals surface area contributed by atoms with E-state index < -0.39 is 0 Å². The number of nitrogens with zero attached hydrogens (tertiary/aromatic N) is 1. The molecule has 1 aliphatic rings. The van der Waals surface area contributed by atoms with Gasteiger partial charge in [-0.3, -0.25) is 0 Å².